The van der Waals surface area contributed by atoms with E-state index in [1.54, 1.807) is 0 Å². The van der Waals surface area contributed by atoms with E-state index in [1.165, 1.54) is 12.8 Å². The van der Waals surface area contributed by atoms with Gasteiger partial charge in [-0.25, -0.2) is 0 Å². The van der Waals surface area contributed by atoms with E-state index in [0.29, 0.717) is 25.9 Å². The van der Waals surface area contributed by atoms with E-state index in [1.807, 2.05) is 0 Å². The zero-order valence-electron chi connectivity index (χ0n) is 24.5. The minimum Gasteiger partial charge on any atom is -0.481 e. The van der Waals surface area contributed by atoms with Crippen LogP contribution < -0.4 is 11.1 Å². The van der Waals surface area contributed by atoms with Gasteiger partial charge in [0.2, 0.25) is 11.1 Å². The molecular formula is C30H55ClN2O6. The van der Waals surface area contributed by atoms with Crippen molar-refractivity contribution in [2.45, 2.75) is 142 Å². The van der Waals surface area contributed by atoms with Gasteiger partial charge >= 0.3 is 11.9 Å². The molecule has 2 aliphatic carbocycles. The number of unbranched alkanes of at least 4 members (excludes halogenated alkanes) is 4. The lowest BCUT2D eigenvalue weighted by atomic mass is 9.71. The summed E-state index contributed by atoms with van der Waals surface area (Å²) in [5, 5.41) is 20.5. The van der Waals surface area contributed by atoms with Crippen molar-refractivity contribution < 1.29 is 29.4 Å². The molecule has 0 bridgehead atoms. The van der Waals surface area contributed by atoms with Crippen LogP contribution in [0.25, 0.3) is 0 Å². The Kier molecular flexibility index (Phi) is 21.1. The molecule has 2 saturated carbocycles. The largest absolute Gasteiger partial charge is 0.481 e. The maximum absolute atomic E-state index is 11.7. The zero-order valence-corrected chi connectivity index (χ0v) is 25.3. The average molecular weight is 575 g/mol. The highest BCUT2D eigenvalue weighted by molar-refractivity contribution is 6.63. The Hall–Kier alpha value is -1.67. The van der Waals surface area contributed by atoms with Gasteiger partial charge in [-0.15, -0.1) is 0 Å². The molecule has 39 heavy (non-hydrogen) atoms. The van der Waals surface area contributed by atoms with Gasteiger partial charge in [0.05, 0.1) is 12.8 Å². The summed E-state index contributed by atoms with van der Waals surface area (Å²) in [7, 11) is 0. The fourth-order valence-electron chi connectivity index (χ4n) is 5.54. The lowest BCUT2D eigenvalue weighted by Crippen LogP contribution is -2.40. The number of carboxylic acid groups (broad SMARTS) is 2. The first-order chi connectivity index (χ1) is 18.5. The van der Waals surface area contributed by atoms with E-state index in [9.17, 15) is 19.2 Å². The van der Waals surface area contributed by atoms with Gasteiger partial charge in [0, 0.05) is 19.4 Å². The highest BCUT2D eigenvalue weighted by Crippen LogP contribution is 2.39. The van der Waals surface area contributed by atoms with Gasteiger partial charge < -0.3 is 21.3 Å². The summed E-state index contributed by atoms with van der Waals surface area (Å²) >= 11 is 5.07. The van der Waals surface area contributed by atoms with Gasteiger partial charge in [-0.1, -0.05) is 78.1 Å². The van der Waals surface area contributed by atoms with Crippen LogP contribution in [0.1, 0.15) is 142 Å². The monoisotopic (exact) mass is 574 g/mol. The second-order valence-electron chi connectivity index (χ2n) is 11.5. The number of nitrogens with two attached hydrogens (primary N) is 1. The number of halogens is 1. The first kappa shape index (κ1) is 37.3. The molecule has 2 fully saturated rings. The molecule has 0 aromatic heterocycles. The van der Waals surface area contributed by atoms with Crippen molar-refractivity contribution in [3.63, 3.8) is 0 Å². The Morgan fingerprint density at radius 2 is 1.15 bits per heavy atom. The summed E-state index contributed by atoms with van der Waals surface area (Å²) < 4.78 is 0. The van der Waals surface area contributed by atoms with Crippen molar-refractivity contribution in [3.8, 4) is 0 Å². The van der Waals surface area contributed by atoms with Crippen LogP contribution in [0.5, 0.6) is 0 Å². The van der Waals surface area contributed by atoms with Gasteiger partial charge in [0.1, 0.15) is 0 Å². The van der Waals surface area contributed by atoms with Crippen molar-refractivity contribution >= 4 is 34.7 Å². The quantitative estimate of drug-likeness (QED) is 0.124. The number of carbonyl (C=O) groups excluding carboxylic acids is 2. The van der Waals surface area contributed by atoms with Crippen LogP contribution in [0, 0.1) is 10.8 Å². The maximum atomic E-state index is 11.7. The van der Waals surface area contributed by atoms with Gasteiger partial charge in [0.15, 0.2) is 0 Å². The minimum absolute atomic E-state index is 0.0730. The molecule has 8 nitrogen and oxygen atoms in total. The Bertz CT molecular complexity index is 704. The molecule has 2 rings (SSSR count). The first-order valence-corrected chi connectivity index (χ1v) is 15.5. The molecule has 228 valence electrons. The Morgan fingerprint density at radius 3 is 1.56 bits per heavy atom. The summed E-state index contributed by atoms with van der Waals surface area (Å²) in [6.07, 6.45) is 18.6. The molecule has 0 radical (unpaired) electrons. The highest BCUT2D eigenvalue weighted by atomic mass is 35.5. The second-order valence-corrected chi connectivity index (χ2v) is 11.9. The van der Waals surface area contributed by atoms with E-state index in [0.717, 1.165) is 89.9 Å². The number of rotatable bonds is 15. The number of carbonyl (C=O) groups is 4. The van der Waals surface area contributed by atoms with Crippen LogP contribution in [0.2, 0.25) is 0 Å². The third kappa shape index (κ3) is 19.1. The molecule has 0 atom stereocenters. The molecule has 0 spiro atoms. The normalized spacial score (nSPS) is 17.4. The number of amides is 1. The fraction of sp³-hybridized carbons (Fsp3) is 0.867. The summed E-state index contributed by atoms with van der Waals surface area (Å²) in [6.45, 7) is 5.27. The second kappa shape index (κ2) is 22.1. The van der Waals surface area contributed by atoms with Gasteiger partial charge in [0.25, 0.3) is 0 Å². The van der Waals surface area contributed by atoms with Crippen molar-refractivity contribution in [1.82, 2.24) is 5.32 Å². The Labute approximate surface area is 241 Å². The number of hydrogen-bond acceptors (Lipinski definition) is 5. The van der Waals surface area contributed by atoms with Gasteiger partial charge in [-0.3, -0.25) is 19.2 Å². The third-order valence-corrected chi connectivity index (χ3v) is 8.15. The fourth-order valence-corrected chi connectivity index (χ4v) is 5.67. The molecule has 0 saturated heterocycles. The number of nitrogens with one attached hydrogen (secondary N) is 1. The van der Waals surface area contributed by atoms with Crippen molar-refractivity contribution in [1.29, 1.82) is 0 Å². The van der Waals surface area contributed by atoms with E-state index in [-0.39, 0.29) is 34.8 Å². The van der Waals surface area contributed by atoms with Crippen LogP contribution in [0.15, 0.2) is 0 Å². The molecule has 0 heterocycles. The number of carboxylic acids is 2. The van der Waals surface area contributed by atoms with Crippen molar-refractivity contribution in [3.05, 3.63) is 0 Å². The van der Waals surface area contributed by atoms with E-state index < -0.39 is 11.9 Å². The molecule has 1 amide bonds. The Balaban J connectivity index is 0.000000616. The molecule has 5 N–H and O–H groups in total. The zero-order chi connectivity index (χ0) is 29.6. The smallest absolute Gasteiger partial charge is 0.303 e. The number of aliphatic carboxylic acids is 2. The Morgan fingerprint density at radius 1 is 0.718 bits per heavy atom. The molecular weight excluding hydrogens is 520 g/mol. The average Bonchev–Trinajstić information content (AvgIpc) is 2.89. The van der Waals surface area contributed by atoms with E-state index in [2.05, 4.69) is 19.2 Å². The predicted octanol–water partition coefficient (Wildman–Crippen LogP) is 6.81. The summed E-state index contributed by atoms with van der Waals surface area (Å²) in [4.78, 5) is 43.4. The van der Waals surface area contributed by atoms with Crippen LogP contribution in [-0.4, -0.2) is 46.4 Å². The molecule has 9 heteroatoms. The standard InChI is InChI=1S/C15H27NO3.C9H17NO2.C6H11ClO/c1-2-3-5-8-13(17)16-12-15(11-14(18)19)9-6-4-7-10-15;10-7-9(6-8(11)12)4-2-1-3-5-9;1-2-3-4-5-6(7)8/h2-12H2,1H3,(H,16,17)(H,18,19);1-7,10H2,(H,11,12);2-5H2,1H3. The topological polar surface area (TPSA) is 147 Å². The van der Waals surface area contributed by atoms with Crippen LogP contribution >= 0.6 is 11.6 Å². The summed E-state index contributed by atoms with van der Waals surface area (Å²) in [5.74, 6) is -1.38. The van der Waals surface area contributed by atoms with Crippen LogP contribution in [0.4, 0.5) is 0 Å². The van der Waals surface area contributed by atoms with E-state index >= 15 is 0 Å². The predicted molar refractivity (Wildman–Crippen MR) is 157 cm³/mol. The lowest BCUT2D eigenvalue weighted by Gasteiger charge is -2.36. The van der Waals surface area contributed by atoms with Crippen LogP contribution in [-0.2, 0) is 19.2 Å². The van der Waals surface area contributed by atoms with Crippen molar-refractivity contribution in [2.75, 3.05) is 13.1 Å². The summed E-state index contributed by atoms with van der Waals surface area (Å²) in [6, 6.07) is 0. The maximum Gasteiger partial charge on any atom is 0.303 e. The van der Waals surface area contributed by atoms with Gasteiger partial charge in [-0.2, -0.15) is 0 Å². The molecule has 0 unspecified atom stereocenters. The molecule has 2 aliphatic rings. The molecule has 0 aliphatic heterocycles. The SMILES string of the molecule is CCCCCC(=O)Cl.CCCCCC(=O)NCC1(CC(=O)O)CCCCC1.NCC1(CC(=O)O)CCCCC1. The summed E-state index contributed by atoms with van der Waals surface area (Å²) in [5.41, 5.74) is 5.34. The highest BCUT2D eigenvalue weighted by Gasteiger charge is 2.35. The van der Waals surface area contributed by atoms with E-state index in [4.69, 9.17) is 27.5 Å². The lowest BCUT2D eigenvalue weighted by molar-refractivity contribution is -0.141. The molecule has 0 aromatic carbocycles. The molecule has 0 aromatic rings. The minimum atomic E-state index is -0.748. The number of hydrogen-bond donors (Lipinski definition) is 4. The van der Waals surface area contributed by atoms with Crippen LogP contribution in [0.3, 0.4) is 0 Å². The third-order valence-electron chi connectivity index (χ3n) is 7.96. The van der Waals surface area contributed by atoms with Gasteiger partial charge in [-0.05, 0) is 67.5 Å². The first-order valence-electron chi connectivity index (χ1n) is 15.1. The van der Waals surface area contributed by atoms with Crippen molar-refractivity contribution in [2.24, 2.45) is 16.6 Å².